The van der Waals surface area contributed by atoms with E-state index in [1.165, 1.54) is 31.4 Å². The summed E-state index contributed by atoms with van der Waals surface area (Å²) < 4.78 is 52.9. The molecule has 2 aromatic rings. The van der Waals surface area contributed by atoms with Gasteiger partial charge in [0.2, 0.25) is 0 Å². The number of nitrogens with zero attached hydrogens (tertiary/aromatic N) is 1. The van der Waals surface area contributed by atoms with Crippen LogP contribution in [0.2, 0.25) is 0 Å². The third-order valence-electron chi connectivity index (χ3n) is 5.64. The van der Waals surface area contributed by atoms with Crippen molar-refractivity contribution >= 4 is 17.1 Å². The van der Waals surface area contributed by atoms with E-state index in [9.17, 15) is 27.5 Å². The third-order valence-corrected chi connectivity index (χ3v) is 5.64. The smallest absolute Gasteiger partial charge is 0.418 e. The molecule has 0 aliphatic carbocycles. The van der Waals surface area contributed by atoms with E-state index in [-0.39, 0.29) is 5.82 Å². The van der Waals surface area contributed by atoms with Gasteiger partial charge in [-0.05, 0) is 81.0 Å². The molecule has 202 valence electrons. The number of aliphatic imine (C=N–C) groups is 1. The van der Waals surface area contributed by atoms with Gasteiger partial charge in [0.15, 0.2) is 5.78 Å². The minimum absolute atomic E-state index is 0.143. The highest BCUT2D eigenvalue weighted by Gasteiger charge is 2.36. The van der Waals surface area contributed by atoms with Crippen molar-refractivity contribution in [3.05, 3.63) is 88.9 Å². The Morgan fingerprint density at radius 1 is 1.11 bits per heavy atom. The molecule has 0 aliphatic heterocycles. The summed E-state index contributed by atoms with van der Waals surface area (Å²) >= 11 is 0. The number of aliphatic hydroxyl groups is 1. The van der Waals surface area contributed by atoms with E-state index in [0.717, 1.165) is 26.3 Å². The molecular weight excluding hydrogens is 484 g/mol. The molecule has 0 saturated carbocycles. The summed E-state index contributed by atoms with van der Waals surface area (Å²) in [7, 11) is 0. The second-order valence-electron chi connectivity index (χ2n) is 8.52. The first kappa shape index (κ1) is 31.6. The van der Waals surface area contributed by atoms with E-state index in [0.29, 0.717) is 17.2 Å². The standard InChI is InChI=1S/C17H19F3N2O2.C12H17F/c1-5-13(15-7-6-8-21-15)9-14(17(18,19)20)10(2)22-16(11(3)23)12(4)24;1-3-5-10(4-2)11-6-8-12(13)9-7-11/h5-9,21,23H,1-4H3;6-10H,3-5H2,1-2H3/b13-5+,14-9+,16-11+,22-10+;. The minimum atomic E-state index is -4.67. The monoisotopic (exact) mass is 520 g/mol. The molecule has 1 aromatic carbocycles. The topological polar surface area (TPSA) is 65.4 Å². The van der Waals surface area contributed by atoms with Crippen molar-refractivity contribution in [2.75, 3.05) is 0 Å². The fourth-order valence-corrected chi connectivity index (χ4v) is 3.71. The number of benzene rings is 1. The van der Waals surface area contributed by atoms with Gasteiger partial charge in [0.25, 0.3) is 0 Å². The van der Waals surface area contributed by atoms with Crippen molar-refractivity contribution in [3.8, 4) is 0 Å². The number of aliphatic hydroxyl groups excluding tert-OH is 1. The molecule has 0 spiro atoms. The van der Waals surface area contributed by atoms with Crippen LogP contribution in [0.25, 0.3) is 5.57 Å². The molecule has 1 heterocycles. The summed E-state index contributed by atoms with van der Waals surface area (Å²) in [5.41, 5.74) is 0.316. The Balaban J connectivity index is 0.000000442. The highest BCUT2D eigenvalue weighted by molar-refractivity contribution is 6.05. The lowest BCUT2D eigenvalue weighted by molar-refractivity contribution is -0.113. The number of carbonyl (C=O) groups excluding carboxylic acids is 1. The minimum Gasteiger partial charge on any atom is -0.510 e. The summed E-state index contributed by atoms with van der Waals surface area (Å²) in [6.45, 7) is 9.45. The van der Waals surface area contributed by atoms with Gasteiger partial charge < -0.3 is 10.1 Å². The molecule has 8 heteroatoms. The molecule has 4 nitrogen and oxygen atoms in total. The molecule has 2 N–H and O–H groups in total. The van der Waals surface area contributed by atoms with E-state index in [4.69, 9.17) is 0 Å². The quantitative estimate of drug-likeness (QED) is 0.114. The SMILES string of the molecule is CCCC(CC)c1ccc(F)cc1.C\C=C(/C=C(\C(C)=N\C(C(C)=O)=C(/C)O)C(F)(F)F)c1ccc[nH]1. The number of H-pyrrole nitrogens is 1. The Morgan fingerprint density at radius 2 is 1.73 bits per heavy atom. The van der Waals surface area contributed by atoms with Crippen LogP contribution in [-0.4, -0.2) is 27.8 Å². The lowest BCUT2D eigenvalue weighted by Crippen LogP contribution is -2.19. The number of carbonyl (C=O) groups is 1. The predicted octanol–water partition coefficient (Wildman–Crippen LogP) is 8.87. The number of halogens is 4. The van der Waals surface area contributed by atoms with Gasteiger partial charge in [-0.2, -0.15) is 13.2 Å². The van der Waals surface area contributed by atoms with E-state index in [1.807, 2.05) is 12.1 Å². The number of hydrogen-bond donors (Lipinski definition) is 2. The molecule has 0 radical (unpaired) electrons. The van der Waals surface area contributed by atoms with Gasteiger partial charge in [0, 0.05) is 18.8 Å². The zero-order valence-corrected chi connectivity index (χ0v) is 22.2. The molecule has 0 fully saturated rings. The number of aromatic nitrogens is 1. The predicted molar refractivity (Wildman–Crippen MR) is 142 cm³/mol. The van der Waals surface area contributed by atoms with Crippen molar-refractivity contribution in [3.63, 3.8) is 0 Å². The van der Waals surface area contributed by atoms with Gasteiger partial charge in [0.05, 0.1) is 11.3 Å². The van der Waals surface area contributed by atoms with Gasteiger partial charge in [-0.1, -0.05) is 38.5 Å². The first-order chi connectivity index (χ1) is 17.3. The zero-order valence-electron chi connectivity index (χ0n) is 22.2. The zero-order chi connectivity index (χ0) is 28.2. The van der Waals surface area contributed by atoms with Crippen LogP contribution in [0.15, 0.2) is 76.8 Å². The van der Waals surface area contributed by atoms with Crippen molar-refractivity contribution in [1.82, 2.24) is 4.98 Å². The molecule has 0 saturated heterocycles. The molecular formula is C29H36F4N2O2. The van der Waals surface area contributed by atoms with Crippen LogP contribution < -0.4 is 0 Å². The molecule has 37 heavy (non-hydrogen) atoms. The Morgan fingerprint density at radius 3 is 2.14 bits per heavy atom. The third kappa shape index (κ3) is 10.2. The van der Waals surface area contributed by atoms with E-state index < -0.39 is 34.7 Å². The normalized spacial score (nSPS) is 14.5. The maximum Gasteiger partial charge on any atom is 0.418 e. The van der Waals surface area contributed by atoms with Crippen LogP contribution >= 0.6 is 0 Å². The van der Waals surface area contributed by atoms with Gasteiger partial charge in [0.1, 0.15) is 17.3 Å². The van der Waals surface area contributed by atoms with Crippen LogP contribution in [-0.2, 0) is 4.79 Å². The van der Waals surface area contributed by atoms with Gasteiger partial charge in [-0.15, -0.1) is 0 Å². The van der Waals surface area contributed by atoms with E-state index >= 15 is 0 Å². The second kappa shape index (κ2) is 15.0. The summed E-state index contributed by atoms with van der Waals surface area (Å²) in [6.07, 6.45) is 2.95. The Hall–Kier alpha value is -3.42. The lowest BCUT2D eigenvalue weighted by Gasteiger charge is -2.13. The number of Topliss-reactive ketones (excluding diaryl/α,β-unsaturated/α-hetero) is 1. The largest absolute Gasteiger partial charge is 0.510 e. The van der Waals surface area contributed by atoms with Crippen LogP contribution in [0, 0.1) is 5.82 Å². The highest BCUT2D eigenvalue weighted by Crippen LogP contribution is 2.30. The molecule has 1 atom stereocenters. The van der Waals surface area contributed by atoms with Crippen LogP contribution in [0.3, 0.4) is 0 Å². The molecule has 1 unspecified atom stereocenters. The summed E-state index contributed by atoms with van der Waals surface area (Å²) in [5.74, 6) is -0.591. The maximum atomic E-state index is 13.4. The summed E-state index contributed by atoms with van der Waals surface area (Å²) in [5, 5.41) is 9.43. The van der Waals surface area contributed by atoms with Crippen LogP contribution in [0.1, 0.15) is 78.0 Å². The van der Waals surface area contributed by atoms with E-state index in [1.54, 1.807) is 37.4 Å². The number of alkyl halides is 3. The van der Waals surface area contributed by atoms with Crippen molar-refractivity contribution < 1.29 is 27.5 Å². The summed E-state index contributed by atoms with van der Waals surface area (Å²) in [4.78, 5) is 17.9. The second-order valence-corrected chi connectivity index (χ2v) is 8.52. The number of rotatable bonds is 9. The number of allylic oxidation sites excluding steroid dienone is 6. The molecule has 0 amide bonds. The lowest BCUT2D eigenvalue weighted by atomic mass is 9.92. The number of aromatic amines is 1. The fraction of sp³-hybridized carbons (Fsp3) is 0.379. The van der Waals surface area contributed by atoms with Crippen molar-refractivity contribution in [1.29, 1.82) is 0 Å². The fourth-order valence-electron chi connectivity index (χ4n) is 3.71. The Labute approximate surface area is 216 Å². The first-order valence-electron chi connectivity index (χ1n) is 12.2. The Bertz CT molecular complexity index is 1120. The highest BCUT2D eigenvalue weighted by atomic mass is 19.4. The maximum absolute atomic E-state index is 13.4. The first-order valence-corrected chi connectivity index (χ1v) is 12.2. The van der Waals surface area contributed by atoms with E-state index in [2.05, 4.69) is 23.8 Å². The average molecular weight is 521 g/mol. The van der Waals surface area contributed by atoms with Crippen molar-refractivity contribution in [2.45, 2.75) is 72.9 Å². The number of hydrogen-bond acceptors (Lipinski definition) is 3. The summed E-state index contributed by atoms with van der Waals surface area (Å²) in [6, 6.07) is 10.2. The number of nitrogens with one attached hydrogen (secondary N) is 1. The van der Waals surface area contributed by atoms with Gasteiger partial charge in [-0.25, -0.2) is 9.38 Å². The number of ketones is 1. The molecule has 0 aliphatic rings. The average Bonchev–Trinajstić information content (AvgIpc) is 3.36. The van der Waals surface area contributed by atoms with Gasteiger partial charge in [-0.3, -0.25) is 4.79 Å². The molecule has 1 aromatic heterocycles. The van der Waals surface area contributed by atoms with Crippen molar-refractivity contribution in [2.24, 2.45) is 4.99 Å². The molecule has 0 bridgehead atoms. The van der Waals surface area contributed by atoms with Gasteiger partial charge >= 0.3 is 6.18 Å². The molecule has 2 rings (SSSR count). The Kier molecular flexibility index (Phi) is 12.8. The van der Waals surface area contributed by atoms with Crippen LogP contribution in [0.4, 0.5) is 17.6 Å². The van der Waals surface area contributed by atoms with Crippen LogP contribution in [0.5, 0.6) is 0 Å².